The molecule has 5 rings (SSSR count). The third-order valence-corrected chi connectivity index (χ3v) is 6.06. The first-order chi connectivity index (χ1) is 14.5. The van der Waals surface area contributed by atoms with E-state index in [1.54, 1.807) is 48.1 Å². The quantitative estimate of drug-likeness (QED) is 0.641. The predicted molar refractivity (Wildman–Crippen MR) is 113 cm³/mol. The molecule has 2 fully saturated rings. The standard InChI is InChI=1S/C21H19ClN6O2/c1-26-19(29)9-18(17-6-7-23-12-24-17)25-21(26)28-11-15-8-16(28)10-27(15)20(30)13-2-4-14(22)5-3-13/h2-7,9,12,15-16H,8,10-11H2,1H3. The first kappa shape index (κ1) is 18.7. The summed E-state index contributed by atoms with van der Waals surface area (Å²) in [6, 6.07) is 10.4. The normalized spacial score (nSPS) is 20.1. The molecule has 2 unspecified atom stereocenters. The molecule has 4 heterocycles. The minimum absolute atomic E-state index is 0.00963. The summed E-state index contributed by atoms with van der Waals surface area (Å²) < 4.78 is 1.55. The summed E-state index contributed by atoms with van der Waals surface area (Å²) in [6.45, 7) is 1.23. The van der Waals surface area contributed by atoms with Crippen LogP contribution in [-0.2, 0) is 7.05 Å². The highest BCUT2D eigenvalue weighted by atomic mass is 35.5. The summed E-state index contributed by atoms with van der Waals surface area (Å²) >= 11 is 5.94. The molecule has 2 aromatic heterocycles. The van der Waals surface area contributed by atoms with Crippen molar-refractivity contribution in [2.75, 3.05) is 18.0 Å². The van der Waals surface area contributed by atoms with Crippen molar-refractivity contribution < 1.29 is 4.79 Å². The number of likely N-dealkylation sites (tertiary alicyclic amines) is 1. The second-order valence-electron chi connectivity index (χ2n) is 7.59. The molecule has 0 radical (unpaired) electrons. The number of anilines is 1. The predicted octanol–water partition coefficient (Wildman–Crippen LogP) is 1.99. The molecular formula is C21H19ClN6O2. The summed E-state index contributed by atoms with van der Waals surface area (Å²) in [4.78, 5) is 42.4. The smallest absolute Gasteiger partial charge is 0.255 e. The Balaban J connectivity index is 1.41. The van der Waals surface area contributed by atoms with Gasteiger partial charge >= 0.3 is 0 Å². The summed E-state index contributed by atoms with van der Waals surface area (Å²) in [7, 11) is 1.72. The van der Waals surface area contributed by atoms with Crippen molar-refractivity contribution in [2.24, 2.45) is 7.05 Å². The Morgan fingerprint density at radius 1 is 1.10 bits per heavy atom. The van der Waals surface area contributed by atoms with Crippen LogP contribution in [0, 0.1) is 0 Å². The maximum atomic E-state index is 12.9. The number of fused-ring (bicyclic) bond motifs is 2. The number of hydrogen-bond acceptors (Lipinski definition) is 6. The van der Waals surface area contributed by atoms with Gasteiger partial charge in [0.25, 0.3) is 11.5 Å². The molecule has 9 heteroatoms. The van der Waals surface area contributed by atoms with E-state index in [4.69, 9.17) is 16.6 Å². The topological polar surface area (TPSA) is 84.2 Å². The zero-order valence-corrected chi connectivity index (χ0v) is 17.0. The highest BCUT2D eigenvalue weighted by Gasteiger charge is 2.46. The van der Waals surface area contributed by atoms with Crippen LogP contribution in [0.25, 0.3) is 11.4 Å². The third kappa shape index (κ3) is 3.13. The number of benzene rings is 1. The van der Waals surface area contributed by atoms with Gasteiger partial charge in [0.1, 0.15) is 6.33 Å². The van der Waals surface area contributed by atoms with Crippen LogP contribution in [0.4, 0.5) is 5.95 Å². The minimum Gasteiger partial charge on any atom is -0.335 e. The monoisotopic (exact) mass is 422 g/mol. The lowest BCUT2D eigenvalue weighted by atomic mass is 10.2. The molecule has 0 N–H and O–H groups in total. The SMILES string of the molecule is Cn1c(N2CC3CC2CN3C(=O)c2ccc(Cl)cc2)nc(-c2ccncn2)cc1=O. The highest BCUT2D eigenvalue weighted by molar-refractivity contribution is 6.30. The number of nitrogens with zero attached hydrogens (tertiary/aromatic N) is 6. The molecule has 2 aliphatic heterocycles. The van der Waals surface area contributed by atoms with Crippen LogP contribution < -0.4 is 10.5 Å². The van der Waals surface area contributed by atoms with E-state index in [2.05, 4.69) is 14.9 Å². The molecule has 2 bridgehead atoms. The molecular weight excluding hydrogens is 404 g/mol. The number of piperazine rings is 1. The Bertz CT molecular complexity index is 1160. The van der Waals surface area contributed by atoms with E-state index >= 15 is 0 Å². The molecule has 30 heavy (non-hydrogen) atoms. The molecule has 3 aromatic rings. The first-order valence-corrected chi connectivity index (χ1v) is 10.1. The number of halogens is 1. The summed E-state index contributed by atoms with van der Waals surface area (Å²) in [6.07, 6.45) is 3.92. The zero-order valence-electron chi connectivity index (χ0n) is 16.3. The van der Waals surface area contributed by atoms with Crippen LogP contribution in [0.5, 0.6) is 0 Å². The lowest BCUT2D eigenvalue weighted by Crippen LogP contribution is -2.50. The molecule has 1 aromatic carbocycles. The Hall–Kier alpha value is -3.26. The van der Waals surface area contributed by atoms with Gasteiger partial charge in [-0.2, -0.15) is 0 Å². The highest BCUT2D eigenvalue weighted by Crippen LogP contribution is 2.34. The van der Waals surface area contributed by atoms with Crippen LogP contribution >= 0.6 is 11.6 Å². The van der Waals surface area contributed by atoms with E-state index in [-0.39, 0.29) is 23.6 Å². The fraction of sp³-hybridized carbons (Fsp3) is 0.286. The Morgan fingerprint density at radius 2 is 1.90 bits per heavy atom. The molecule has 0 spiro atoms. The number of rotatable bonds is 3. The van der Waals surface area contributed by atoms with Crippen LogP contribution in [0.15, 0.2) is 53.7 Å². The van der Waals surface area contributed by atoms with Crippen LogP contribution in [0.2, 0.25) is 5.02 Å². The van der Waals surface area contributed by atoms with Gasteiger partial charge in [0.2, 0.25) is 5.95 Å². The molecule has 2 aliphatic rings. The van der Waals surface area contributed by atoms with E-state index in [0.717, 1.165) is 6.42 Å². The van der Waals surface area contributed by atoms with Crippen LogP contribution in [0.1, 0.15) is 16.8 Å². The number of amides is 1. The largest absolute Gasteiger partial charge is 0.335 e. The number of carbonyl (C=O) groups excluding carboxylic acids is 1. The van der Waals surface area contributed by atoms with Crippen molar-refractivity contribution in [2.45, 2.75) is 18.5 Å². The Labute approximate surface area is 177 Å². The third-order valence-electron chi connectivity index (χ3n) is 5.81. The minimum atomic E-state index is -0.148. The summed E-state index contributed by atoms with van der Waals surface area (Å²) in [5.74, 6) is 0.609. The first-order valence-electron chi connectivity index (χ1n) is 9.69. The molecule has 0 saturated carbocycles. The van der Waals surface area contributed by atoms with Gasteiger partial charge in [-0.05, 0) is 36.8 Å². The fourth-order valence-corrected chi connectivity index (χ4v) is 4.40. The Kier molecular flexibility index (Phi) is 4.51. The van der Waals surface area contributed by atoms with E-state index < -0.39 is 0 Å². The summed E-state index contributed by atoms with van der Waals surface area (Å²) in [5, 5.41) is 0.608. The van der Waals surface area contributed by atoms with E-state index in [9.17, 15) is 9.59 Å². The second kappa shape index (κ2) is 7.21. The van der Waals surface area contributed by atoms with Gasteiger partial charge < -0.3 is 9.80 Å². The maximum absolute atomic E-state index is 12.9. The lowest BCUT2D eigenvalue weighted by molar-refractivity contribution is 0.0725. The average molecular weight is 423 g/mol. The number of carbonyl (C=O) groups is 1. The van der Waals surface area contributed by atoms with Crippen molar-refractivity contribution in [3.63, 3.8) is 0 Å². The van der Waals surface area contributed by atoms with E-state index in [1.807, 2.05) is 4.90 Å². The van der Waals surface area contributed by atoms with Gasteiger partial charge in [-0.15, -0.1) is 0 Å². The fourth-order valence-electron chi connectivity index (χ4n) is 4.28. The van der Waals surface area contributed by atoms with Gasteiger partial charge in [0.05, 0.1) is 23.5 Å². The molecule has 2 saturated heterocycles. The van der Waals surface area contributed by atoms with Crippen molar-refractivity contribution in [3.05, 3.63) is 69.9 Å². The lowest BCUT2D eigenvalue weighted by Gasteiger charge is -2.35. The molecule has 1 amide bonds. The zero-order chi connectivity index (χ0) is 20.8. The number of hydrogen-bond donors (Lipinski definition) is 0. The van der Waals surface area contributed by atoms with Gasteiger partial charge in [0, 0.05) is 43.0 Å². The average Bonchev–Trinajstić information content (AvgIpc) is 3.37. The maximum Gasteiger partial charge on any atom is 0.255 e. The Morgan fingerprint density at radius 3 is 2.57 bits per heavy atom. The van der Waals surface area contributed by atoms with Crippen molar-refractivity contribution in [1.82, 2.24) is 24.4 Å². The molecule has 8 nitrogen and oxygen atoms in total. The van der Waals surface area contributed by atoms with Crippen LogP contribution in [-0.4, -0.2) is 55.5 Å². The second-order valence-corrected chi connectivity index (χ2v) is 8.03. The van der Waals surface area contributed by atoms with Gasteiger partial charge in [-0.25, -0.2) is 15.0 Å². The van der Waals surface area contributed by atoms with Crippen LogP contribution in [0.3, 0.4) is 0 Å². The summed E-state index contributed by atoms with van der Waals surface area (Å²) in [5.41, 5.74) is 1.61. The van der Waals surface area contributed by atoms with Crippen molar-refractivity contribution in [1.29, 1.82) is 0 Å². The molecule has 0 aliphatic carbocycles. The molecule has 152 valence electrons. The van der Waals surface area contributed by atoms with E-state index in [1.165, 1.54) is 12.4 Å². The van der Waals surface area contributed by atoms with Gasteiger partial charge in [-0.1, -0.05) is 11.6 Å². The van der Waals surface area contributed by atoms with E-state index in [0.29, 0.717) is 41.0 Å². The molecule has 2 atom stereocenters. The van der Waals surface area contributed by atoms with Crippen molar-refractivity contribution >= 4 is 23.5 Å². The van der Waals surface area contributed by atoms with Crippen molar-refractivity contribution in [3.8, 4) is 11.4 Å². The number of aromatic nitrogens is 4. The van der Waals surface area contributed by atoms with Gasteiger partial charge in [0.15, 0.2) is 0 Å². The van der Waals surface area contributed by atoms with Gasteiger partial charge in [-0.3, -0.25) is 14.2 Å².